The third kappa shape index (κ3) is 2.80. The van der Waals surface area contributed by atoms with Gasteiger partial charge in [-0.15, -0.1) is 0 Å². The van der Waals surface area contributed by atoms with Gasteiger partial charge in [0.05, 0.1) is 12.2 Å². The van der Waals surface area contributed by atoms with E-state index in [0.717, 1.165) is 32.1 Å². The van der Waals surface area contributed by atoms with E-state index in [1.807, 2.05) is 0 Å². The molecule has 1 N–H and O–H groups in total. The van der Waals surface area contributed by atoms with Crippen molar-refractivity contribution >= 4 is 16.0 Å². The van der Waals surface area contributed by atoms with Crippen molar-refractivity contribution < 1.29 is 18.3 Å². The van der Waals surface area contributed by atoms with E-state index in [1.165, 1.54) is 4.31 Å². The van der Waals surface area contributed by atoms with E-state index >= 15 is 0 Å². The molecule has 0 bridgehead atoms. The van der Waals surface area contributed by atoms with Crippen LogP contribution >= 0.6 is 0 Å². The minimum absolute atomic E-state index is 0.0962. The summed E-state index contributed by atoms with van der Waals surface area (Å²) in [6.45, 7) is 0.964. The average molecular weight is 261 g/mol. The Kier molecular flexibility index (Phi) is 3.45. The molecule has 6 heteroatoms. The standard InChI is InChI=1S/C11H19NO4S/c13-10(14)8-11(4-3-5-11)9-12-6-1-2-7-17(12,15)16/h1-9H2,(H,13,14). The van der Waals surface area contributed by atoms with Crippen LogP contribution in [0, 0.1) is 5.41 Å². The Morgan fingerprint density at radius 1 is 1.24 bits per heavy atom. The molecule has 0 atom stereocenters. The van der Waals surface area contributed by atoms with E-state index in [9.17, 15) is 13.2 Å². The first-order valence-electron chi connectivity index (χ1n) is 6.13. The number of rotatable bonds is 4. The quantitative estimate of drug-likeness (QED) is 0.821. The number of carbonyl (C=O) groups is 1. The van der Waals surface area contributed by atoms with E-state index < -0.39 is 16.0 Å². The Bertz CT molecular complexity index is 400. The van der Waals surface area contributed by atoms with Crippen molar-refractivity contribution in [3.05, 3.63) is 0 Å². The number of aliphatic carboxylic acids is 1. The number of hydrogen-bond donors (Lipinski definition) is 1. The van der Waals surface area contributed by atoms with Crippen LogP contribution in [0.25, 0.3) is 0 Å². The lowest BCUT2D eigenvalue weighted by Gasteiger charge is -2.44. The Morgan fingerprint density at radius 3 is 2.41 bits per heavy atom. The fourth-order valence-corrected chi connectivity index (χ4v) is 4.49. The second kappa shape index (κ2) is 4.57. The van der Waals surface area contributed by atoms with Crippen LogP contribution in [-0.4, -0.2) is 42.6 Å². The van der Waals surface area contributed by atoms with Gasteiger partial charge in [0.1, 0.15) is 0 Å². The number of sulfonamides is 1. The Morgan fingerprint density at radius 2 is 1.94 bits per heavy atom. The van der Waals surface area contributed by atoms with Gasteiger partial charge in [-0.05, 0) is 31.1 Å². The molecule has 0 spiro atoms. The van der Waals surface area contributed by atoms with E-state index in [1.54, 1.807) is 0 Å². The summed E-state index contributed by atoms with van der Waals surface area (Å²) in [6, 6.07) is 0. The zero-order valence-electron chi connectivity index (χ0n) is 9.89. The van der Waals surface area contributed by atoms with E-state index in [4.69, 9.17) is 5.11 Å². The predicted molar refractivity (Wildman–Crippen MR) is 63.1 cm³/mol. The zero-order valence-corrected chi connectivity index (χ0v) is 10.7. The molecule has 17 heavy (non-hydrogen) atoms. The molecule has 0 radical (unpaired) electrons. The molecule has 0 unspecified atom stereocenters. The molecule has 0 aromatic rings. The van der Waals surface area contributed by atoms with Gasteiger partial charge in [-0.25, -0.2) is 12.7 Å². The normalized spacial score (nSPS) is 27.3. The summed E-state index contributed by atoms with van der Waals surface area (Å²) in [4.78, 5) is 10.8. The third-order valence-electron chi connectivity index (χ3n) is 3.91. The van der Waals surface area contributed by atoms with Crippen LogP contribution in [0.4, 0.5) is 0 Å². The number of carboxylic acid groups (broad SMARTS) is 1. The third-order valence-corrected chi connectivity index (χ3v) is 5.81. The summed E-state index contributed by atoms with van der Waals surface area (Å²) in [6.07, 6.45) is 4.41. The molecule has 5 nitrogen and oxygen atoms in total. The van der Waals surface area contributed by atoms with Crippen LogP contribution in [0.2, 0.25) is 0 Å². The summed E-state index contributed by atoms with van der Waals surface area (Å²) in [7, 11) is -3.13. The molecule has 1 aliphatic heterocycles. The van der Waals surface area contributed by atoms with Crippen LogP contribution < -0.4 is 0 Å². The second-order valence-corrected chi connectivity index (χ2v) is 7.37. The molecule has 1 heterocycles. The molecule has 0 aromatic carbocycles. The van der Waals surface area contributed by atoms with Gasteiger partial charge in [-0.2, -0.15) is 0 Å². The van der Waals surface area contributed by atoms with Gasteiger partial charge in [0.25, 0.3) is 0 Å². The molecule has 2 aliphatic rings. The highest BCUT2D eigenvalue weighted by molar-refractivity contribution is 7.89. The number of carboxylic acids is 1. The van der Waals surface area contributed by atoms with Crippen LogP contribution in [-0.2, 0) is 14.8 Å². The topological polar surface area (TPSA) is 74.7 Å². The minimum Gasteiger partial charge on any atom is -0.481 e. The molecule has 2 rings (SSSR count). The van der Waals surface area contributed by atoms with Crippen LogP contribution in [0.5, 0.6) is 0 Å². The molecule has 1 saturated heterocycles. The van der Waals surface area contributed by atoms with Gasteiger partial charge in [0, 0.05) is 13.1 Å². The maximum atomic E-state index is 11.9. The Labute approximate surface area is 102 Å². The van der Waals surface area contributed by atoms with E-state index in [0.29, 0.717) is 13.1 Å². The monoisotopic (exact) mass is 261 g/mol. The van der Waals surface area contributed by atoms with Gasteiger partial charge in [0.15, 0.2) is 0 Å². The highest BCUT2D eigenvalue weighted by Crippen LogP contribution is 2.45. The maximum Gasteiger partial charge on any atom is 0.303 e. The Hall–Kier alpha value is -0.620. The van der Waals surface area contributed by atoms with Crippen molar-refractivity contribution in [1.82, 2.24) is 4.31 Å². The molecule has 98 valence electrons. The van der Waals surface area contributed by atoms with Crippen molar-refractivity contribution in [2.75, 3.05) is 18.8 Å². The number of hydrogen-bond acceptors (Lipinski definition) is 3. The zero-order chi connectivity index (χ0) is 12.5. The summed E-state index contributed by atoms with van der Waals surface area (Å²) < 4.78 is 25.2. The van der Waals surface area contributed by atoms with Crippen molar-refractivity contribution in [3.63, 3.8) is 0 Å². The first kappa shape index (κ1) is 12.8. The summed E-state index contributed by atoms with van der Waals surface area (Å²) >= 11 is 0. The average Bonchev–Trinajstić information content (AvgIpc) is 2.16. The lowest BCUT2D eigenvalue weighted by Crippen LogP contribution is -2.48. The minimum atomic E-state index is -3.13. The molecular weight excluding hydrogens is 242 g/mol. The van der Waals surface area contributed by atoms with Gasteiger partial charge in [0.2, 0.25) is 10.0 Å². The maximum absolute atomic E-state index is 11.9. The summed E-state index contributed by atoms with van der Waals surface area (Å²) in [5, 5.41) is 8.91. The predicted octanol–water partition coefficient (Wildman–Crippen LogP) is 1.06. The van der Waals surface area contributed by atoms with Crippen LogP contribution in [0.15, 0.2) is 0 Å². The SMILES string of the molecule is O=C(O)CC1(CN2CCCCS2(=O)=O)CCC1. The molecule has 1 saturated carbocycles. The van der Waals surface area contributed by atoms with Gasteiger partial charge < -0.3 is 5.11 Å². The van der Waals surface area contributed by atoms with Crippen LogP contribution in [0.1, 0.15) is 38.5 Å². The fraction of sp³-hybridized carbons (Fsp3) is 0.909. The molecule has 0 amide bonds. The highest BCUT2D eigenvalue weighted by atomic mass is 32.2. The van der Waals surface area contributed by atoms with Crippen molar-refractivity contribution in [1.29, 1.82) is 0 Å². The lowest BCUT2D eigenvalue weighted by atomic mass is 9.66. The highest BCUT2D eigenvalue weighted by Gasteiger charge is 2.43. The van der Waals surface area contributed by atoms with Crippen LogP contribution in [0.3, 0.4) is 0 Å². The number of nitrogens with zero attached hydrogens (tertiary/aromatic N) is 1. The van der Waals surface area contributed by atoms with Gasteiger partial charge >= 0.3 is 5.97 Å². The van der Waals surface area contributed by atoms with Gasteiger partial charge in [-0.1, -0.05) is 6.42 Å². The molecular formula is C11H19NO4S. The smallest absolute Gasteiger partial charge is 0.303 e. The van der Waals surface area contributed by atoms with Crippen molar-refractivity contribution in [2.45, 2.75) is 38.5 Å². The Balaban J connectivity index is 2.05. The molecule has 0 aromatic heterocycles. The summed E-state index contributed by atoms with van der Waals surface area (Å²) in [5.41, 5.74) is -0.295. The van der Waals surface area contributed by atoms with Gasteiger partial charge in [-0.3, -0.25) is 4.79 Å². The second-order valence-electron chi connectivity index (χ2n) is 5.28. The van der Waals surface area contributed by atoms with E-state index in [-0.39, 0.29) is 17.6 Å². The van der Waals surface area contributed by atoms with Crippen molar-refractivity contribution in [2.24, 2.45) is 5.41 Å². The molecule has 1 aliphatic carbocycles. The van der Waals surface area contributed by atoms with Crippen molar-refractivity contribution in [3.8, 4) is 0 Å². The summed E-state index contributed by atoms with van der Waals surface area (Å²) in [5.74, 6) is -0.602. The van der Waals surface area contributed by atoms with E-state index in [2.05, 4.69) is 0 Å². The first-order chi connectivity index (χ1) is 7.94. The lowest BCUT2D eigenvalue weighted by molar-refractivity contribution is -0.141. The largest absolute Gasteiger partial charge is 0.481 e. The fourth-order valence-electron chi connectivity index (χ4n) is 2.78. The molecule has 2 fully saturated rings. The first-order valence-corrected chi connectivity index (χ1v) is 7.74.